The molecule has 0 spiro atoms. The molecule has 0 saturated carbocycles. The van der Waals surface area contributed by atoms with Crippen LogP contribution < -0.4 is 0 Å². The van der Waals surface area contributed by atoms with Crippen molar-refractivity contribution in [1.82, 2.24) is 0 Å². The monoisotopic (exact) mass is 130 g/mol. The first-order valence-electron chi connectivity index (χ1n) is 2.44. The second-order valence-electron chi connectivity index (χ2n) is 1.51. The molecule has 1 rings (SSSR count). The van der Waals surface area contributed by atoms with E-state index >= 15 is 0 Å². The highest BCUT2D eigenvalue weighted by Crippen LogP contribution is 2.02. The maximum Gasteiger partial charge on any atom is 0.371 e. The van der Waals surface area contributed by atoms with Crippen LogP contribution in [0, 0.1) is 0 Å². The molecular formula is C5H6O4. The van der Waals surface area contributed by atoms with Crippen LogP contribution in [-0.2, 0) is 14.3 Å². The second-order valence-corrected chi connectivity index (χ2v) is 1.51. The minimum absolute atomic E-state index is 0.0266. The molecule has 1 heterocycles. The molecule has 0 bridgehead atoms. The quantitative estimate of drug-likeness (QED) is 0.541. The number of hydrogen-bond acceptors (Lipinski definition) is 3. The standard InChI is InChI=1S/C5H6O4/c6-5(7)4-1-2-8-3-9-4/h1H,2-3H2,(H,6,7). The van der Waals surface area contributed by atoms with Crippen LogP contribution in [-0.4, -0.2) is 24.5 Å². The number of carboxylic acid groups (broad SMARTS) is 1. The fraction of sp³-hybridized carbons (Fsp3) is 0.400. The molecule has 0 saturated heterocycles. The molecule has 0 unspecified atom stereocenters. The van der Waals surface area contributed by atoms with Gasteiger partial charge in [-0.1, -0.05) is 0 Å². The fourth-order valence-corrected chi connectivity index (χ4v) is 0.496. The number of ether oxygens (including phenoxy) is 2. The van der Waals surface area contributed by atoms with Gasteiger partial charge in [-0.25, -0.2) is 4.79 Å². The number of hydrogen-bond donors (Lipinski definition) is 1. The van der Waals surface area contributed by atoms with Gasteiger partial charge in [0.2, 0.25) is 5.76 Å². The van der Waals surface area contributed by atoms with Crippen LogP contribution in [0.5, 0.6) is 0 Å². The number of aliphatic carboxylic acids is 1. The van der Waals surface area contributed by atoms with Crippen molar-refractivity contribution in [3.63, 3.8) is 0 Å². The van der Waals surface area contributed by atoms with Gasteiger partial charge in [0.05, 0.1) is 6.61 Å². The lowest BCUT2D eigenvalue weighted by molar-refractivity contribution is -0.141. The summed E-state index contributed by atoms with van der Waals surface area (Å²) in [5.74, 6) is -1.07. The van der Waals surface area contributed by atoms with Crippen LogP contribution in [0.4, 0.5) is 0 Å². The third-order valence-electron chi connectivity index (χ3n) is 0.895. The molecular weight excluding hydrogens is 124 g/mol. The lowest BCUT2D eigenvalue weighted by atomic mass is 10.4. The highest BCUT2D eigenvalue weighted by Gasteiger charge is 2.10. The second kappa shape index (κ2) is 2.50. The SMILES string of the molecule is O=C(O)C1=CCOCO1. The van der Waals surface area contributed by atoms with Crippen LogP contribution in [0.25, 0.3) is 0 Å². The zero-order chi connectivity index (χ0) is 6.69. The predicted octanol–water partition coefficient (Wildman–Crippen LogP) is -0.0408. The van der Waals surface area contributed by atoms with Gasteiger partial charge in [0.25, 0.3) is 0 Å². The van der Waals surface area contributed by atoms with Gasteiger partial charge in [-0.2, -0.15) is 0 Å². The van der Waals surface area contributed by atoms with Crippen molar-refractivity contribution in [2.24, 2.45) is 0 Å². The summed E-state index contributed by atoms with van der Waals surface area (Å²) >= 11 is 0. The summed E-state index contributed by atoms with van der Waals surface area (Å²) in [5, 5.41) is 8.29. The first kappa shape index (κ1) is 6.10. The van der Waals surface area contributed by atoms with E-state index in [-0.39, 0.29) is 12.6 Å². The molecule has 0 aromatic rings. The van der Waals surface area contributed by atoms with Gasteiger partial charge in [-0.3, -0.25) is 0 Å². The summed E-state index contributed by atoms with van der Waals surface area (Å²) in [7, 11) is 0. The minimum Gasteiger partial charge on any atom is -0.475 e. The Morgan fingerprint density at radius 3 is 2.89 bits per heavy atom. The number of carbonyl (C=O) groups is 1. The number of rotatable bonds is 1. The van der Waals surface area contributed by atoms with E-state index in [1.54, 1.807) is 0 Å². The zero-order valence-electron chi connectivity index (χ0n) is 4.66. The van der Waals surface area contributed by atoms with E-state index < -0.39 is 5.97 Å². The van der Waals surface area contributed by atoms with E-state index in [2.05, 4.69) is 9.47 Å². The van der Waals surface area contributed by atoms with Gasteiger partial charge >= 0.3 is 5.97 Å². The third-order valence-corrected chi connectivity index (χ3v) is 0.895. The molecule has 0 aliphatic carbocycles. The Hall–Kier alpha value is -1.03. The van der Waals surface area contributed by atoms with Gasteiger partial charge in [0.15, 0.2) is 6.79 Å². The van der Waals surface area contributed by atoms with Crippen molar-refractivity contribution >= 4 is 5.97 Å². The van der Waals surface area contributed by atoms with Crippen LogP contribution in [0.15, 0.2) is 11.8 Å². The Kier molecular flexibility index (Phi) is 1.69. The van der Waals surface area contributed by atoms with E-state index in [0.29, 0.717) is 6.61 Å². The molecule has 0 atom stereocenters. The summed E-state index contributed by atoms with van der Waals surface area (Å²) in [6, 6.07) is 0. The molecule has 0 radical (unpaired) electrons. The number of carboxylic acids is 1. The third kappa shape index (κ3) is 1.43. The van der Waals surface area contributed by atoms with Crippen molar-refractivity contribution in [1.29, 1.82) is 0 Å². The molecule has 0 aromatic heterocycles. The lowest BCUT2D eigenvalue weighted by Gasteiger charge is -2.10. The van der Waals surface area contributed by atoms with Crippen LogP contribution in [0.3, 0.4) is 0 Å². The van der Waals surface area contributed by atoms with Crippen molar-refractivity contribution < 1.29 is 19.4 Å². The van der Waals surface area contributed by atoms with Crippen molar-refractivity contribution in [3.8, 4) is 0 Å². The van der Waals surface area contributed by atoms with Gasteiger partial charge in [-0.05, 0) is 6.08 Å². The lowest BCUT2D eigenvalue weighted by Crippen LogP contribution is -2.13. The van der Waals surface area contributed by atoms with E-state index in [1.807, 2.05) is 0 Å². The molecule has 1 aliphatic rings. The molecule has 0 amide bonds. The first-order chi connectivity index (χ1) is 4.30. The van der Waals surface area contributed by atoms with Crippen LogP contribution >= 0.6 is 0 Å². The highest BCUT2D eigenvalue weighted by atomic mass is 16.7. The van der Waals surface area contributed by atoms with Crippen LogP contribution in [0.1, 0.15) is 0 Å². The van der Waals surface area contributed by atoms with E-state index in [1.165, 1.54) is 6.08 Å². The largest absolute Gasteiger partial charge is 0.475 e. The maximum absolute atomic E-state index is 10.1. The molecule has 1 N–H and O–H groups in total. The maximum atomic E-state index is 10.1. The zero-order valence-corrected chi connectivity index (χ0v) is 4.66. The van der Waals surface area contributed by atoms with Gasteiger partial charge in [0, 0.05) is 0 Å². The van der Waals surface area contributed by atoms with Crippen LogP contribution in [0.2, 0.25) is 0 Å². The minimum atomic E-state index is -1.04. The van der Waals surface area contributed by atoms with E-state index in [0.717, 1.165) is 0 Å². The summed E-state index contributed by atoms with van der Waals surface area (Å²) in [6.07, 6.45) is 1.38. The summed E-state index contributed by atoms with van der Waals surface area (Å²) in [4.78, 5) is 10.1. The molecule has 4 heteroatoms. The molecule has 0 aromatic carbocycles. The average molecular weight is 130 g/mol. The summed E-state index contributed by atoms with van der Waals surface area (Å²) in [5.41, 5.74) is 0. The van der Waals surface area contributed by atoms with E-state index in [9.17, 15) is 4.79 Å². The molecule has 9 heavy (non-hydrogen) atoms. The summed E-state index contributed by atoms with van der Waals surface area (Å²) in [6.45, 7) is 0.361. The van der Waals surface area contributed by atoms with Gasteiger partial charge < -0.3 is 14.6 Å². The smallest absolute Gasteiger partial charge is 0.371 e. The Morgan fingerprint density at radius 2 is 2.56 bits per heavy atom. The highest BCUT2D eigenvalue weighted by molar-refractivity contribution is 5.84. The normalized spacial score (nSPS) is 18.0. The van der Waals surface area contributed by atoms with Crippen molar-refractivity contribution in [2.75, 3.05) is 13.4 Å². The van der Waals surface area contributed by atoms with Crippen molar-refractivity contribution in [3.05, 3.63) is 11.8 Å². The molecule has 4 nitrogen and oxygen atoms in total. The Morgan fingerprint density at radius 1 is 1.78 bits per heavy atom. The average Bonchev–Trinajstić information content (AvgIpc) is 1.90. The first-order valence-corrected chi connectivity index (χ1v) is 2.44. The van der Waals surface area contributed by atoms with E-state index in [4.69, 9.17) is 5.11 Å². The summed E-state index contributed by atoms with van der Waals surface area (Å²) < 4.78 is 9.27. The molecule has 1 aliphatic heterocycles. The predicted molar refractivity (Wildman–Crippen MR) is 27.6 cm³/mol. The Balaban J connectivity index is 2.57. The van der Waals surface area contributed by atoms with Crippen molar-refractivity contribution in [2.45, 2.75) is 0 Å². The Bertz CT molecular complexity index is 149. The molecule has 50 valence electrons. The Labute approximate surface area is 51.7 Å². The van der Waals surface area contributed by atoms with Gasteiger partial charge in [0.1, 0.15) is 0 Å². The van der Waals surface area contributed by atoms with Gasteiger partial charge in [-0.15, -0.1) is 0 Å². The topological polar surface area (TPSA) is 55.8 Å². The molecule has 0 fully saturated rings. The fourth-order valence-electron chi connectivity index (χ4n) is 0.496.